The first-order valence-corrected chi connectivity index (χ1v) is 11.9. The fraction of sp³-hybridized carbons (Fsp3) is 0.185. The van der Waals surface area contributed by atoms with Gasteiger partial charge in [-0.1, -0.05) is 29.8 Å². The van der Waals surface area contributed by atoms with E-state index in [4.69, 9.17) is 23.8 Å². The van der Waals surface area contributed by atoms with E-state index in [9.17, 15) is 5.11 Å². The number of halogens is 1. The van der Waals surface area contributed by atoms with Crippen LogP contribution in [0.5, 0.6) is 5.75 Å². The number of benzene rings is 2. The van der Waals surface area contributed by atoms with Crippen molar-refractivity contribution < 1.29 is 5.11 Å². The van der Waals surface area contributed by atoms with E-state index in [2.05, 4.69) is 66.0 Å². The summed E-state index contributed by atoms with van der Waals surface area (Å²) in [5.74, 6) is 0.118. The molecule has 0 aliphatic carbocycles. The van der Waals surface area contributed by atoms with E-state index in [1.54, 1.807) is 24.4 Å². The quantitative estimate of drug-likeness (QED) is 0.328. The van der Waals surface area contributed by atoms with Crippen LogP contribution in [0.1, 0.15) is 40.3 Å². The van der Waals surface area contributed by atoms with Crippen molar-refractivity contribution in [3.8, 4) is 11.4 Å². The lowest BCUT2D eigenvalue weighted by molar-refractivity contribution is 0.472. The fourth-order valence-electron chi connectivity index (χ4n) is 4.87. The number of anilines is 1. The van der Waals surface area contributed by atoms with Crippen LogP contribution >= 0.6 is 23.8 Å². The number of phenols is 1. The van der Waals surface area contributed by atoms with Crippen LogP contribution in [-0.2, 0) is 0 Å². The second-order valence-corrected chi connectivity index (χ2v) is 9.45. The zero-order valence-corrected chi connectivity index (χ0v) is 20.7. The summed E-state index contributed by atoms with van der Waals surface area (Å²) in [6.07, 6.45) is 1.78. The van der Waals surface area contributed by atoms with Gasteiger partial charge >= 0.3 is 0 Å². The van der Waals surface area contributed by atoms with E-state index >= 15 is 0 Å². The van der Waals surface area contributed by atoms with Crippen LogP contribution in [0.3, 0.4) is 0 Å². The number of thiocarbonyl (C=S) groups is 1. The van der Waals surface area contributed by atoms with Gasteiger partial charge in [0, 0.05) is 28.3 Å². The molecule has 0 saturated carbocycles. The highest BCUT2D eigenvalue weighted by atomic mass is 35.5. The highest BCUT2D eigenvalue weighted by molar-refractivity contribution is 7.80. The molecule has 5 rings (SSSR count). The normalized spacial score (nSPS) is 17.8. The molecule has 0 bridgehead atoms. The van der Waals surface area contributed by atoms with Crippen molar-refractivity contribution in [1.29, 1.82) is 0 Å². The summed E-state index contributed by atoms with van der Waals surface area (Å²) in [6, 6.07) is 21.1. The molecular formula is C27H25ClN4OS. The molecule has 1 aliphatic rings. The summed E-state index contributed by atoms with van der Waals surface area (Å²) >= 11 is 12.1. The number of phenolic OH excluding ortho intramolecular Hbond substituents is 1. The van der Waals surface area contributed by atoms with Crippen molar-refractivity contribution in [3.63, 3.8) is 0 Å². The van der Waals surface area contributed by atoms with Gasteiger partial charge in [0.15, 0.2) is 5.11 Å². The maximum atomic E-state index is 10.8. The van der Waals surface area contributed by atoms with E-state index < -0.39 is 0 Å². The summed E-state index contributed by atoms with van der Waals surface area (Å²) < 4.78 is 2.26. The Bertz CT molecular complexity index is 1380. The Labute approximate surface area is 209 Å². The predicted octanol–water partition coefficient (Wildman–Crippen LogP) is 6.33. The monoisotopic (exact) mass is 488 g/mol. The number of nitrogens with zero attached hydrogens (tertiary/aromatic N) is 3. The molecule has 0 amide bonds. The summed E-state index contributed by atoms with van der Waals surface area (Å²) in [6.45, 7) is 6.33. The van der Waals surface area contributed by atoms with Gasteiger partial charge in [0.1, 0.15) is 5.75 Å². The van der Waals surface area contributed by atoms with E-state index in [-0.39, 0.29) is 17.8 Å². The van der Waals surface area contributed by atoms with Crippen LogP contribution in [-0.4, -0.2) is 19.8 Å². The van der Waals surface area contributed by atoms with Crippen molar-refractivity contribution in [3.05, 3.63) is 106 Å². The van der Waals surface area contributed by atoms with E-state index in [1.165, 1.54) is 5.56 Å². The minimum Gasteiger partial charge on any atom is -0.506 e. The summed E-state index contributed by atoms with van der Waals surface area (Å²) in [5, 5.41) is 15.3. The van der Waals surface area contributed by atoms with Gasteiger partial charge in [-0.05, 0) is 92.6 Å². The Morgan fingerprint density at radius 1 is 1.00 bits per heavy atom. The van der Waals surface area contributed by atoms with Crippen molar-refractivity contribution in [2.75, 3.05) is 4.90 Å². The summed E-state index contributed by atoms with van der Waals surface area (Å²) in [4.78, 5) is 6.58. The van der Waals surface area contributed by atoms with Crippen molar-refractivity contribution in [2.24, 2.45) is 0 Å². The average molecular weight is 489 g/mol. The Hall–Kier alpha value is -3.35. The SMILES string of the molecule is Cc1cccc(-n2c(C)cc([C@@H]3[C@@H](c4ccccn4)NC(=S)N3c3cc(Cl)ccc3O)c2C)c1. The lowest BCUT2D eigenvalue weighted by Crippen LogP contribution is -2.29. The van der Waals surface area contributed by atoms with Gasteiger partial charge in [-0.3, -0.25) is 4.98 Å². The minimum absolute atomic E-state index is 0.118. The molecule has 0 radical (unpaired) electrons. The number of pyridine rings is 1. The first kappa shape index (κ1) is 22.4. The predicted molar refractivity (Wildman–Crippen MR) is 141 cm³/mol. The standard InChI is InChI=1S/C27H25ClN4OS/c1-16-7-6-8-20(13-16)31-17(2)14-21(18(31)3)26-25(22-9-4-5-12-29-22)30-27(34)32(26)23-15-19(28)10-11-24(23)33/h4-15,25-26,33H,1-3H3,(H,30,34)/t25-,26-/m1/s1. The van der Waals surface area contributed by atoms with Crippen molar-refractivity contribution in [2.45, 2.75) is 32.9 Å². The van der Waals surface area contributed by atoms with E-state index in [0.717, 1.165) is 28.3 Å². The number of nitrogens with one attached hydrogen (secondary N) is 1. The molecule has 3 heterocycles. The molecule has 2 atom stereocenters. The molecule has 2 aromatic carbocycles. The molecule has 1 aliphatic heterocycles. The highest BCUT2D eigenvalue weighted by Crippen LogP contribution is 2.46. The van der Waals surface area contributed by atoms with Crippen LogP contribution in [0.4, 0.5) is 5.69 Å². The first-order valence-electron chi connectivity index (χ1n) is 11.1. The number of aryl methyl sites for hydroxylation is 2. The zero-order valence-electron chi connectivity index (χ0n) is 19.2. The summed E-state index contributed by atoms with van der Waals surface area (Å²) in [5.41, 5.74) is 7.07. The molecule has 1 fully saturated rings. The van der Waals surface area contributed by atoms with Crippen LogP contribution in [0, 0.1) is 20.8 Å². The van der Waals surface area contributed by atoms with Crippen molar-refractivity contribution in [1.82, 2.24) is 14.9 Å². The van der Waals surface area contributed by atoms with Crippen LogP contribution in [0.2, 0.25) is 5.02 Å². The smallest absolute Gasteiger partial charge is 0.174 e. The number of aromatic nitrogens is 2. The molecular weight excluding hydrogens is 464 g/mol. The maximum Gasteiger partial charge on any atom is 0.174 e. The fourth-order valence-corrected chi connectivity index (χ4v) is 5.38. The number of hydrogen-bond donors (Lipinski definition) is 2. The highest BCUT2D eigenvalue weighted by Gasteiger charge is 2.43. The van der Waals surface area contributed by atoms with Gasteiger partial charge in [0.25, 0.3) is 0 Å². The number of rotatable bonds is 4. The first-order chi connectivity index (χ1) is 16.3. The molecule has 5 nitrogen and oxygen atoms in total. The number of aromatic hydroxyl groups is 1. The molecule has 7 heteroatoms. The van der Waals surface area contributed by atoms with E-state index in [0.29, 0.717) is 15.8 Å². The molecule has 34 heavy (non-hydrogen) atoms. The Balaban J connectivity index is 1.71. The Morgan fingerprint density at radius 3 is 2.56 bits per heavy atom. The van der Waals surface area contributed by atoms with Crippen LogP contribution in [0.25, 0.3) is 5.69 Å². The third-order valence-corrected chi connectivity index (χ3v) is 6.89. The van der Waals surface area contributed by atoms with Gasteiger partial charge < -0.3 is 19.9 Å². The summed E-state index contributed by atoms with van der Waals surface area (Å²) in [7, 11) is 0. The largest absolute Gasteiger partial charge is 0.506 e. The van der Waals surface area contributed by atoms with Gasteiger partial charge in [-0.25, -0.2) is 0 Å². The zero-order chi connectivity index (χ0) is 24.0. The third-order valence-electron chi connectivity index (χ3n) is 6.34. The Morgan fingerprint density at radius 2 is 1.82 bits per heavy atom. The van der Waals surface area contributed by atoms with Gasteiger partial charge in [0.05, 0.1) is 23.5 Å². The molecule has 172 valence electrons. The maximum absolute atomic E-state index is 10.8. The van der Waals surface area contributed by atoms with Crippen molar-refractivity contribution >= 4 is 34.6 Å². The molecule has 0 spiro atoms. The van der Waals surface area contributed by atoms with Gasteiger partial charge in [0.2, 0.25) is 0 Å². The lowest BCUT2D eigenvalue weighted by Gasteiger charge is -2.28. The van der Waals surface area contributed by atoms with Gasteiger partial charge in [-0.2, -0.15) is 0 Å². The molecule has 0 unspecified atom stereocenters. The second kappa shape index (κ2) is 8.78. The average Bonchev–Trinajstić information content (AvgIpc) is 3.31. The molecule has 4 aromatic rings. The molecule has 2 N–H and O–H groups in total. The van der Waals surface area contributed by atoms with Crippen LogP contribution < -0.4 is 10.2 Å². The second-order valence-electron chi connectivity index (χ2n) is 8.63. The topological polar surface area (TPSA) is 53.3 Å². The molecule has 1 saturated heterocycles. The number of hydrogen-bond acceptors (Lipinski definition) is 3. The van der Waals surface area contributed by atoms with Crippen LogP contribution in [0.15, 0.2) is 72.9 Å². The minimum atomic E-state index is -0.239. The Kier molecular flexibility index (Phi) is 5.80. The lowest BCUT2D eigenvalue weighted by atomic mass is 9.96. The van der Waals surface area contributed by atoms with E-state index in [1.807, 2.05) is 23.1 Å². The van der Waals surface area contributed by atoms with Gasteiger partial charge in [-0.15, -0.1) is 0 Å². The third kappa shape index (κ3) is 3.83. The molecule has 2 aromatic heterocycles.